The molecule has 0 bridgehead atoms. The normalized spacial score (nSPS) is 11.4. The first-order valence-corrected chi connectivity index (χ1v) is 6.68. The summed E-state index contributed by atoms with van der Waals surface area (Å²) in [6.07, 6.45) is 1.48. The number of para-hydroxylation sites is 1. The summed E-state index contributed by atoms with van der Waals surface area (Å²) in [4.78, 5) is 8.45. The number of fused-ring (bicyclic) bond motifs is 1. The van der Waals surface area contributed by atoms with Crippen LogP contribution in [0.25, 0.3) is 22.4 Å². The van der Waals surface area contributed by atoms with E-state index < -0.39 is 0 Å². The highest BCUT2D eigenvalue weighted by molar-refractivity contribution is 5.85. The topological polar surface area (TPSA) is 64.9 Å². The van der Waals surface area contributed by atoms with E-state index in [0.29, 0.717) is 5.82 Å². The van der Waals surface area contributed by atoms with Gasteiger partial charge >= 0.3 is 0 Å². The summed E-state index contributed by atoms with van der Waals surface area (Å²) in [6, 6.07) is 8.10. The summed E-state index contributed by atoms with van der Waals surface area (Å²) in [6.45, 7) is 6.19. The molecule has 0 unspecified atom stereocenters. The lowest BCUT2D eigenvalue weighted by molar-refractivity contribution is 0.623. The van der Waals surface area contributed by atoms with E-state index in [0.717, 1.165) is 33.6 Å². The highest BCUT2D eigenvalue weighted by Gasteiger charge is 2.18. The van der Waals surface area contributed by atoms with Gasteiger partial charge in [-0.2, -0.15) is 0 Å². The second-order valence-corrected chi connectivity index (χ2v) is 5.28. The lowest BCUT2D eigenvalue weighted by Gasteiger charge is -2.11. The second kappa shape index (κ2) is 4.63. The first-order chi connectivity index (χ1) is 9.58. The Hall–Kier alpha value is -2.36. The molecule has 0 radical (unpaired) electrons. The van der Waals surface area contributed by atoms with Gasteiger partial charge in [0.15, 0.2) is 5.76 Å². The molecule has 0 saturated carbocycles. The summed E-state index contributed by atoms with van der Waals surface area (Å²) >= 11 is 0. The number of rotatable bonds is 2. The zero-order valence-corrected chi connectivity index (χ0v) is 11.8. The molecule has 2 aromatic heterocycles. The van der Waals surface area contributed by atoms with Gasteiger partial charge in [-0.1, -0.05) is 32.0 Å². The minimum absolute atomic E-state index is 0.237. The van der Waals surface area contributed by atoms with Crippen LogP contribution >= 0.6 is 0 Å². The average molecular weight is 267 g/mol. The van der Waals surface area contributed by atoms with Crippen LogP contribution in [0.15, 0.2) is 35.0 Å². The van der Waals surface area contributed by atoms with Crippen LogP contribution in [0.3, 0.4) is 0 Å². The molecule has 102 valence electrons. The van der Waals surface area contributed by atoms with Crippen LogP contribution < -0.4 is 5.73 Å². The first-order valence-electron chi connectivity index (χ1n) is 6.68. The fraction of sp³-hybridized carbons (Fsp3) is 0.250. The molecular weight excluding hydrogens is 250 g/mol. The third kappa shape index (κ3) is 1.93. The molecule has 0 amide bonds. The lowest BCUT2D eigenvalue weighted by atomic mass is 10.0. The number of furan rings is 1. The maximum absolute atomic E-state index is 5.99. The Labute approximate surface area is 117 Å². The van der Waals surface area contributed by atoms with Gasteiger partial charge in [-0.05, 0) is 24.5 Å². The quantitative estimate of drug-likeness (QED) is 0.764. The number of nitrogens with zero attached hydrogens (tertiary/aromatic N) is 2. The summed E-state index contributed by atoms with van der Waals surface area (Å²) in [5, 5.41) is 1.08. The van der Waals surface area contributed by atoms with Crippen molar-refractivity contribution in [1.82, 2.24) is 9.97 Å². The second-order valence-electron chi connectivity index (χ2n) is 5.28. The Kier molecular flexibility index (Phi) is 2.93. The monoisotopic (exact) mass is 267 g/mol. The number of anilines is 1. The van der Waals surface area contributed by atoms with Gasteiger partial charge < -0.3 is 10.2 Å². The summed E-state index contributed by atoms with van der Waals surface area (Å²) in [5.74, 6) is 1.50. The Morgan fingerprint density at radius 2 is 2.00 bits per heavy atom. The molecule has 0 aliphatic rings. The van der Waals surface area contributed by atoms with Crippen molar-refractivity contribution in [2.45, 2.75) is 26.7 Å². The van der Waals surface area contributed by atoms with Crippen molar-refractivity contribution in [3.05, 3.63) is 41.7 Å². The van der Waals surface area contributed by atoms with Gasteiger partial charge in [-0.3, -0.25) is 0 Å². The number of aromatic nitrogens is 2. The third-order valence-electron chi connectivity index (χ3n) is 3.47. The summed E-state index contributed by atoms with van der Waals surface area (Å²) < 4.78 is 5.98. The number of aryl methyl sites for hydroxylation is 1. The van der Waals surface area contributed by atoms with Gasteiger partial charge in [0.2, 0.25) is 0 Å². The Balaban J connectivity index is 2.26. The van der Waals surface area contributed by atoms with Crippen LogP contribution in [0.2, 0.25) is 0 Å². The molecule has 0 spiro atoms. The van der Waals surface area contributed by atoms with Crippen LogP contribution in [0.1, 0.15) is 30.9 Å². The molecule has 3 aromatic rings. The molecule has 4 nitrogen and oxygen atoms in total. The van der Waals surface area contributed by atoms with Gasteiger partial charge in [-0.25, -0.2) is 9.97 Å². The fourth-order valence-electron chi connectivity index (χ4n) is 2.50. The molecule has 0 aliphatic heterocycles. The average Bonchev–Trinajstić information content (AvgIpc) is 2.83. The Morgan fingerprint density at radius 1 is 1.20 bits per heavy atom. The molecule has 2 heterocycles. The molecular formula is C16H17N3O. The van der Waals surface area contributed by atoms with Crippen molar-refractivity contribution in [3.8, 4) is 11.5 Å². The first kappa shape index (κ1) is 12.7. The van der Waals surface area contributed by atoms with Crippen molar-refractivity contribution >= 4 is 16.8 Å². The number of nitrogen functional groups attached to an aromatic ring is 1. The van der Waals surface area contributed by atoms with Gasteiger partial charge in [-0.15, -0.1) is 0 Å². The van der Waals surface area contributed by atoms with Crippen LogP contribution in [-0.4, -0.2) is 9.97 Å². The standard InChI is InChI=1S/C16H17N3O/c1-9(2)13-14(18-8-19-16(13)17)12-7-11-6-4-5-10(3)15(11)20-12/h4-9H,1-3H3,(H2,17,18,19). The molecule has 20 heavy (non-hydrogen) atoms. The number of hydrogen-bond acceptors (Lipinski definition) is 4. The highest BCUT2D eigenvalue weighted by atomic mass is 16.3. The predicted octanol–water partition coefficient (Wildman–Crippen LogP) is 3.90. The Morgan fingerprint density at radius 3 is 2.70 bits per heavy atom. The number of benzene rings is 1. The van der Waals surface area contributed by atoms with E-state index in [2.05, 4.69) is 23.8 Å². The zero-order valence-electron chi connectivity index (χ0n) is 11.8. The van der Waals surface area contributed by atoms with E-state index in [1.807, 2.05) is 31.2 Å². The molecule has 2 N–H and O–H groups in total. The minimum atomic E-state index is 0.237. The van der Waals surface area contributed by atoms with E-state index in [1.54, 1.807) is 0 Å². The van der Waals surface area contributed by atoms with Gasteiger partial charge in [0, 0.05) is 10.9 Å². The minimum Gasteiger partial charge on any atom is -0.454 e. The van der Waals surface area contributed by atoms with Gasteiger partial charge in [0.05, 0.1) is 0 Å². The number of hydrogen-bond donors (Lipinski definition) is 1. The maximum Gasteiger partial charge on any atom is 0.154 e. The molecule has 0 saturated heterocycles. The van der Waals surface area contributed by atoms with Crippen LogP contribution in [0, 0.1) is 6.92 Å². The van der Waals surface area contributed by atoms with E-state index >= 15 is 0 Å². The van der Waals surface area contributed by atoms with Crippen molar-refractivity contribution in [2.75, 3.05) is 5.73 Å². The maximum atomic E-state index is 5.99. The van der Waals surface area contributed by atoms with Crippen LogP contribution in [0.5, 0.6) is 0 Å². The zero-order chi connectivity index (χ0) is 14.3. The van der Waals surface area contributed by atoms with Crippen molar-refractivity contribution in [3.63, 3.8) is 0 Å². The van der Waals surface area contributed by atoms with Crippen LogP contribution in [0.4, 0.5) is 5.82 Å². The summed E-state index contributed by atoms with van der Waals surface area (Å²) in [7, 11) is 0. The lowest BCUT2D eigenvalue weighted by Crippen LogP contribution is -2.03. The third-order valence-corrected chi connectivity index (χ3v) is 3.47. The molecule has 4 heteroatoms. The predicted molar refractivity (Wildman–Crippen MR) is 80.5 cm³/mol. The highest BCUT2D eigenvalue weighted by Crippen LogP contribution is 2.34. The molecule has 0 aliphatic carbocycles. The molecule has 0 fully saturated rings. The SMILES string of the molecule is Cc1cccc2cc(-c3ncnc(N)c3C(C)C)oc12. The summed E-state index contributed by atoms with van der Waals surface area (Å²) in [5.41, 5.74) is 9.72. The van der Waals surface area contributed by atoms with Crippen molar-refractivity contribution in [2.24, 2.45) is 0 Å². The van der Waals surface area contributed by atoms with Crippen LogP contribution in [-0.2, 0) is 0 Å². The smallest absolute Gasteiger partial charge is 0.154 e. The van der Waals surface area contributed by atoms with E-state index in [4.69, 9.17) is 10.2 Å². The fourth-order valence-corrected chi connectivity index (χ4v) is 2.50. The van der Waals surface area contributed by atoms with Crippen molar-refractivity contribution in [1.29, 1.82) is 0 Å². The van der Waals surface area contributed by atoms with E-state index in [9.17, 15) is 0 Å². The molecule has 1 aromatic carbocycles. The largest absolute Gasteiger partial charge is 0.454 e. The van der Waals surface area contributed by atoms with Gasteiger partial charge in [0.1, 0.15) is 23.4 Å². The van der Waals surface area contributed by atoms with Gasteiger partial charge in [0.25, 0.3) is 0 Å². The van der Waals surface area contributed by atoms with Crippen molar-refractivity contribution < 1.29 is 4.42 Å². The van der Waals surface area contributed by atoms with E-state index in [-0.39, 0.29) is 5.92 Å². The molecule has 3 rings (SSSR count). The van der Waals surface area contributed by atoms with E-state index in [1.165, 1.54) is 6.33 Å². The number of nitrogens with two attached hydrogens (primary N) is 1. The molecule has 0 atom stereocenters. The Bertz CT molecular complexity index is 774.